The minimum Gasteiger partial charge on any atom is -0.481 e. The Hall–Kier alpha value is -2.14. The highest BCUT2D eigenvalue weighted by Crippen LogP contribution is 2.27. The van der Waals surface area contributed by atoms with E-state index in [0.717, 1.165) is 0 Å². The number of hydrogen-bond acceptors (Lipinski definition) is 3. The fourth-order valence-corrected chi connectivity index (χ4v) is 2.38. The van der Waals surface area contributed by atoms with E-state index in [1.54, 1.807) is 30.3 Å². The molecule has 3 N–H and O–H groups in total. The van der Waals surface area contributed by atoms with Gasteiger partial charge >= 0.3 is 5.97 Å². The molecule has 0 aromatic heterocycles. The Kier molecular flexibility index (Phi) is 4.53. The zero-order valence-electron chi connectivity index (χ0n) is 11.0. The van der Waals surface area contributed by atoms with Gasteiger partial charge in [-0.1, -0.05) is 30.4 Å². The van der Waals surface area contributed by atoms with E-state index < -0.39 is 17.8 Å². The highest BCUT2D eigenvalue weighted by atomic mass is 16.4. The molecule has 1 aliphatic carbocycles. The van der Waals surface area contributed by atoms with Gasteiger partial charge in [0.05, 0.1) is 18.4 Å². The lowest BCUT2D eigenvalue weighted by Gasteiger charge is -2.24. The van der Waals surface area contributed by atoms with Crippen LogP contribution in [0.15, 0.2) is 36.4 Å². The Labute approximate surface area is 116 Å². The van der Waals surface area contributed by atoms with Crippen molar-refractivity contribution in [3.8, 4) is 0 Å². The van der Waals surface area contributed by atoms with E-state index in [0.29, 0.717) is 24.1 Å². The van der Waals surface area contributed by atoms with Crippen LogP contribution in [0.1, 0.15) is 18.4 Å². The van der Waals surface area contributed by atoms with Gasteiger partial charge in [0.25, 0.3) is 0 Å². The predicted molar refractivity (Wildman–Crippen MR) is 74.0 cm³/mol. The highest BCUT2D eigenvalue weighted by Gasteiger charge is 2.34. The van der Waals surface area contributed by atoms with Crippen molar-refractivity contribution in [1.29, 1.82) is 0 Å². The van der Waals surface area contributed by atoms with E-state index in [2.05, 4.69) is 5.32 Å². The first-order valence-electron chi connectivity index (χ1n) is 6.51. The lowest BCUT2D eigenvalue weighted by molar-refractivity contribution is -0.146. The maximum Gasteiger partial charge on any atom is 0.307 e. The Morgan fingerprint density at radius 2 is 1.80 bits per heavy atom. The number of aliphatic hydroxyl groups excluding tert-OH is 1. The average Bonchev–Trinajstić information content (AvgIpc) is 2.47. The molecule has 1 amide bonds. The lowest BCUT2D eigenvalue weighted by Crippen LogP contribution is -2.34. The second-order valence-electron chi connectivity index (χ2n) is 4.80. The molecule has 106 valence electrons. The van der Waals surface area contributed by atoms with Crippen molar-refractivity contribution in [2.24, 2.45) is 11.8 Å². The van der Waals surface area contributed by atoms with Crippen molar-refractivity contribution in [3.63, 3.8) is 0 Å². The van der Waals surface area contributed by atoms with Crippen molar-refractivity contribution >= 4 is 17.6 Å². The van der Waals surface area contributed by atoms with Gasteiger partial charge in [-0.2, -0.15) is 0 Å². The average molecular weight is 275 g/mol. The van der Waals surface area contributed by atoms with Crippen LogP contribution in [0.5, 0.6) is 0 Å². The number of aliphatic hydroxyl groups is 1. The summed E-state index contributed by atoms with van der Waals surface area (Å²) in [5.74, 6) is -2.54. The highest BCUT2D eigenvalue weighted by molar-refractivity contribution is 5.96. The Morgan fingerprint density at radius 3 is 2.45 bits per heavy atom. The summed E-state index contributed by atoms with van der Waals surface area (Å²) < 4.78 is 0. The predicted octanol–water partition coefficient (Wildman–Crippen LogP) is 1.78. The summed E-state index contributed by atoms with van der Waals surface area (Å²) in [7, 11) is 0. The quantitative estimate of drug-likeness (QED) is 0.731. The van der Waals surface area contributed by atoms with Crippen LogP contribution in [-0.2, 0) is 16.2 Å². The molecular weight excluding hydrogens is 258 g/mol. The molecule has 0 spiro atoms. The van der Waals surface area contributed by atoms with E-state index in [1.165, 1.54) is 0 Å². The maximum absolute atomic E-state index is 12.3. The number of para-hydroxylation sites is 1. The van der Waals surface area contributed by atoms with Gasteiger partial charge in [-0.3, -0.25) is 9.59 Å². The van der Waals surface area contributed by atoms with Crippen LogP contribution in [0.2, 0.25) is 0 Å². The summed E-state index contributed by atoms with van der Waals surface area (Å²) in [6.45, 7) is -0.177. The third kappa shape index (κ3) is 3.05. The summed E-state index contributed by atoms with van der Waals surface area (Å²) >= 11 is 0. The molecule has 5 heteroatoms. The molecule has 0 fully saturated rings. The second-order valence-corrected chi connectivity index (χ2v) is 4.80. The van der Waals surface area contributed by atoms with Crippen molar-refractivity contribution in [1.82, 2.24) is 0 Å². The van der Waals surface area contributed by atoms with Crippen LogP contribution in [0.3, 0.4) is 0 Å². The number of amides is 1. The van der Waals surface area contributed by atoms with Crippen LogP contribution >= 0.6 is 0 Å². The van der Waals surface area contributed by atoms with Gasteiger partial charge in [-0.25, -0.2) is 0 Å². The fourth-order valence-electron chi connectivity index (χ4n) is 2.38. The second kappa shape index (κ2) is 6.34. The standard InChI is InChI=1S/C15H17NO4/c17-9-10-5-1-4-8-13(10)16-14(18)11-6-2-3-7-12(11)15(19)20/h1-5,8,11-12,17H,6-7,9H2,(H,16,18)(H,19,20)/t11-,12+/m1/s1. The van der Waals surface area contributed by atoms with Gasteiger partial charge in [-0.15, -0.1) is 0 Å². The number of hydrogen-bond donors (Lipinski definition) is 3. The number of anilines is 1. The molecule has 2 rings (SSSR count). The van der Waals surface area contributed by atoms with Crippen LogP contribution in [0.25, 0.3) is 0 Å². The third-order valence-corrected chi connectivity index (χ3v) is 3.53. The molecule has 5 nitrogen and oxygen atoms in total. The van der Waals surface area contributed by atoms with Crippen LogP contribution in [0, 0.1) is 11.8 Å². The van der Waals surface area contributed by atoms with Crippen LogP contribution in [0.4, 0.5) is 5.69 Å². The minimum atomic E-state index is -0.954. The minimum absolute atomic E-state index is 0.177. The number of carboxylic acids is 1. The molecule has 1 aliphatic rings. The van der Waals surface area contributed by atoms with Crippen molar-refractivity contribution in [2.75, 3.05) is 5.32 Å². The third-order valence-electron chi connectivity index (χ3n) is 3.53. The zero-order valence-corrected chi connectivity index (χ0v) is 11.0. The van der Waals surface area contributed by atoms with Gasteiger partial charge in [0.1, 0.15) is 0 Å². The molecule has 0 aliphatic heterocycles. The Morgan fingerprint density at radius 1 is 1.15 bits per heavy atom. The monoisotopic (exact) mass is 275 g/mol. The smallest absolute Gasteiger partial charge is 0.307 e. The summed E-state index contributed by atoms with van der Waals surface area (Å²) in [5, 5.41) is 21.1. The molecule has 0 heterocycles. The van der Waals surface area contributed by atoms with Gasteiger partial charge in [0, 0.05) is 11.3 Å². The van der Waals surface area contributed by atoms with Gasteiger partial charge < -0.3 is 15.5 Å². The molecule has 0 saturated heterocycles. The summed E-state index contributed by atoms with van der Waals surface area (Å²) in [6, 6.07) is 6.93. The van der Waals surface area contributed by atoms with E-state index in [4.69, 9.17) is 0 Å². The van der Waals surface area contributed by atoms with Crippen molar-refractivity contribution in [2.45, 2.75) is 19.4 Å². The van der Waals surface area contributed by atoms with Crippen molar-refractivity contribution in [3.05, 3.63) is 42.0 Å². The van der Waals surface area contributed by atoms with E-state index in [9.17, 15) is 19.8 Å². The molecule has 2 atom stereocenters. The summed E-state index contributed by atoms with van der Waals surface area (Å²) in [4.78, 5) is 23.5. The van der Waals surface area contributed by atoms with Crippen molar-refractivity contribution < 1.29 is 19.8 Å². The van der Waals surface area contributed by atoms with E-state index in [-0.39, 0.29) is 12.5 Å². The first-order valence-corrected chi connectivity index (χ1v) is 6.51. The van der Waals surface area contributed by atoms with Gasteiger partial charge in [0.15, 0.2) is 0 Å². The molecule has 0 saturated carbocycles. The molecular formula is C15H17NO4. The number of rotatable bonds is 4. The zero-order chi connectivity index (χ0) is 14.5. The molecule has 1 aromatic rings. The summed E-state index contributed by atoms with van der Waals surface area (Å²) in [5.41, 5.74) is 1.14. The number of benzene rings is 1. The number of aliphatic carboxylic acids is 1. The topological polar surface area (TPSA) is 86.6 Å². The number of nitrogens with one attached hydrogen (secondary N) is 1. The van der Waals surface area contributed by atoms with Crippen LogP contribution in [-0.4, -0.2) is 22.1 Å². The SMILES string of the molecule is O=C(O)[C@H]1CC=CC[C@H]1C(=O)Nc1ccccc1CO. The fraction of sp³-hybridized carbons (Fsp3) is 0.333. The van der Waals surface area contributed by atoms with Gasteiger partial charge in [-0.05, 0) is 18.9 Å². The van der Waals surface area contributed by atoms with Crippen LogP contribution < -0.4 is 5.32 Å². The number of carboxylic acid groups (broad SMARTS) is 1. The normalized spacial score (nSPS) is 21.4. The first kappa shape index (κ1) is 14.3. The summed E-state index contributed by atoms with van der Waals surface area (Å²) in [6.07, 6.45) is 4.42. The Balaban J connectivity index is 2.14. The largest absolute Gasteiger partial charge is 0.481 e. The molecule has 20 heavy (non-hydrogen) atoms. The number of carbonyl (C=O) groups is 2. The molecule has 1 aromatic carbocycles. The molecule has 0 bridgehead atoms. The first-order chi connectivity index (χ1) is 9.63. The maximum atomic E-state index is 12.3. The van der Waals surface area contributed by atoms with Gasteiger partial charge in [0.2, 0.25) is 5.91 Å². The number of allylic oxidation sites excluding steroid dienone is 2. The molecule has 0 unspecified atom stereocenters. The van der Waals surface area contributed by atoms with E-state index >= 15 is 0 Å². The number of carbonyl (C=O) groups excluding carboxylic acids is 1. The van der Waals surface area contributed by atoms with E-state index in [1.807, 2.05) is 6.08 Å². The Bertz CT molecular complexity index is 538. The molecule has 0 radical (unpaired) electrons. The lowest BCUT2D eigenvalue weighted by atomic mass is 9.82.